The summed E-state index contributed by atoms with van der Waals surface area (Å²) in [4.78, 5) is 23.0. The van der Waals surface area contributed by atoms with Crippen LogP contribution in [0.15, 0.2) is 27.4 Å². The minimum atomic E-state index is -0.666. The van der Waals surface area contributed by atoms with Crippen LogP contribution >= 0.6 is 15.9 Å². The first-order chi connectivity index (χ1) is 11.2. The summed E-state index contributed by atoms with van der Waals surface area (Å²) in [5.74, 6) is 0.536. The second-order valence-corrected chi connectivity index (χ2v) is 7.11. The summed E-state index contributed by atoms with van der Waals surface area (Å²) < 4.78 is 22.4. The summed E-state index contributed by atoms with van der Waals surface area (Å²) in [5.41, 5.74) is -0.348. The topological polar surface area (TPSA) is 75.0 Å². The van der Waals surface area contributed by atoms with Crippen molar-refractivity contribution in [2.24, 2.45) is 0 Å². The fourth-order valence-electron chi connectivity index (χ4n) is 2.87. The number of ether oxygens (including phenoxy) is 3. The largest absolute Gasteiger partial charge is 0.496 e. The van der Waals surface area contributed by atoms with Crippen molar-refractivity contribution in [3.05, 3.63) is 34.2 Å². The molecule has 0 bridgehead atoms. The lowest BCUT2D eigenvalue weighted by Crippen LogP contribution is -2.46. The Morgan fingerprint density at radius 2 is 2.04 bits per heavy atom. The second-order valence-electron chi connectivity index (χ2n) is 6.13. The summed E-state index contributed by atoms with van der Waals surface area (Å²) in [5, 5.41) is 0.607. The van der Waals surface area contributed by atoms with Crippen molar-refractivity contribution < 1.29 is 23.4 Å². The maximum absolute atomic E-state index is 11.7. The molecule has 2 atom stereocenters. The Balaban J connectivity index is 2.37. The van der Waals surface area contributed by atoms with Crippen molar-refractivity contribution in [2.45, 2.75) is 37.3 Å². The molecule has 128 valence electrons. The highest BCUT2D eigenvalue weighted by atomic mass is 79.9. The third-order valence-corrected chi connectivity index (χ3v) is 5.55. The zero-order chi connectivity index (χ0) is 17.6. The van der Waals surface area contributed by atoms with Gasteiger partial charge in [-0.15, -0.1) is 0 Å². The summed E-state index contributed by atoms with van der Waals surface area (Å²) in [6.45, 7) is 5.09. The van der Waals surface area contributed by atoms with E-state index in [9.17, 15) is 9.59 Å². The zero-order valence-corrected chi connectivity index (χ0v) is 15.3. The molecule has 1 aromatic carbocycles. The Morgan fingerprint density at radius 1 is 1.33 bits per heavy atom. The van der Waals surface area contributed by atoms with Gasteiger partial charge in [-0.25, -0.2) is 4.79 Å². The molecule has 0 radical (unpaired) electrons. The van der Waals surface area contributed by atoms with E-state index in [1.165, 1.54) is 20.1 Å². The lowest BCUT2D eigenvalue weighted by atomic mass is 9.90. The van der Waals surface area contributed by atoms with Crippen molar-refractivity contribution >= 4 is 32.9 Å². The Labute approximate surface area is 146 Å². The van der Waals surface area contributed by atoms with Crippen LogP contribution in [-0.2, 0) is 9.53 Å². The van der Waals surface area contributed by atoms with Gasteiger partial charge in [-0.1, -0.05) is 15.9 Å². The van der Waals surface area contributed by atoms with Crippen molar-refractivity contribution in [3.8, 4) is 11.5 Å². The van der Waals surface area contributed by atoms with Crippen LogP contribution in [0.5, 0.6) is 11.5 Å². The molecule has 2 heterocycles. The highest BCUT2D eigenvalue weighted by Crippen LogP contribution is 2.49. The summed E-state index contributed by atoms with van der Waals surface area (Å²) in [6.07, 6.45) is -0.666. The van der Waals surface area contributed by atoms with Gasteiger partial charge in [-0.2, -0.15) is 0 Å². The van der Waals surface area contributed by atoms with Gasteiger partial charge in [-0.05, 0) is 19.9 Å². The van der Waals surface area contributed by atoms with Gasteiger partial charge in [0.1, 0.15) is 17.1 Å². The molecule has 7 heteroatoms. The number of halogens is 1. The number of hydrogen-bond acceptors (Lipinski definition) is 6. The molecule has 3 rings (SSSR count). The normalized spacial score (nSPS) is 21.7. The van der Waals surface area contributed by atoms with Crippen LogP contribution in [0.25, 0.3) is 11.0 Å². The number of esters is 1. The highest BCUT2D eigenvalue weighted by molar-refractivity contribution is 9.09. The van der Waals surface area contributed by atoms with Crippen molar-refractivity contribution in [3.63, 3.8) is 0 Å². The summed E-state index contributed by atoms with van der Waals surface area (Å²) in [7, 11) is 1.52. The summed E-state index contributed by atoms with van der Waals surface area (Å²) in [6, 6.07) is 4.65. The van der Waals surface area contributed by atoms with Gasteiger partial charge >= 0.3 is 11.6 Å². The first-order valence-corrected chi connectivity index (χ1v) is 8.31. The van der Waals surface area contributed by atoms with E-state index in [0.717, 1.165) is 0 Å². The maximum atomic E-state index is 11.7. The molecule has 1 aliphatic rings. The van der Waals surface area contributed by atoms with E-state index in [1.54, 1.807) is 12.1 Å². The van der Waals surface area contributed by atoms with Crippen LogP contribution in [0.3, 0.4) is 0 Å². The molecule has 0 amide bonds. The average molecular weight is 397 g/mol. The van der Waals surface area contributed by atoms with Crippen LogP contribution in [0.4, 0.5) is 0 Å². The quantitative estimate of drug-likeness (QED) is 0.440. The number of rotatable bonds is 2. The fourth-order valence-corrected chi connectivity index (χ4v) is 3.33. The van der Waals surface area contributed by atoms with Gasteiger partial charge in [0.15, 0.2) is 11.7 Å². The van der Waals surface area contributed by atoms with E-state index < -0.39 is 23.3 Å². The molecule has 1 aromatic heterocycles. The lowest BCUT2D eigenvalue weighted by Gasteiger charge is -2.41. The molecular weight excluding hydrogens is 380 g/mol. The van der Waals surface area contributed by atoms with Gasteiger partial charge in [0.25, 0.3) is 0 Å². The van der Waals surface area contributed by atoms with Crippen LogP contribution in [-0.4, -0.2) is 23.5 Å². The Bertz CT molecular complexity index is 869. The number of methoxy groups -OCH3 is 1. The zero-order valence-electron chi connectivity index (χ0n) is 13.7. The van der Waals surface area contributed by atoms with Crippen molar-refractivity contribution in [1.29, 1.82) is 0 Å². The van der Waals surface area contributed by atoms with Crippen molar-refractivity contribution in [2.75, 3.05) is 7.11 Å². The monoisotopic (exact) mass is 396 g/mol. The molecule has 0 aliphatic carbocycles. The van der Waals surface area contributed by atoms with Gasteiger partial charge in [-0.3, -0.25) is 4.79 Å². The number of benzene rings is 1. The third kappa shape index (κ3) is 2.66. The van der Waals surface area contributed by atoms with Crippen LogP contribution < -0.4 is 15.1 Å². The van der Waals surface area contributed by atoms with E-state index in [4.69, 9.17) is 18.6 Å². The van der Waals surface area contributed by atoms with Crippen LogP contribution in [0.1, 0.15) is 32.4 Å². The Kier molecular flexibility index (Phi) is 4.07. The van der Waals surface area contributed by atoms with E-state index >= 15 is 0 Å². The smallest absolute Gasteiger partial charge is 0.336 e. The molecule has 0 fully saturated rings. The van der Waals surface area contributed by atoms with Crippen LogP contribution in [0.2, 0.25) is 0 Å². The maximum Gasteiger partial charge on any atom is 0.336 e. The second kappa shape index (κ2) is 5.81. The van der Waals surface area contributed by atoms with Gasteiger partial charge in [0.2, 0.25) is 0 Å². The average Bonchev–Trinajstić information content (AvgIpc) is 2.49. The molecule has 0 saturated carbocycles. The first-order valence-electron chi connectivity index (χ1n) is 7.39. The minimum Gasteiger partial charge on any atom is -0.496 e. The van der Waals surface area contributed by atoms with Crippen LogP contribution in [0, 0.1) is 0 Å². The first kappa shape index (κ1) is 16.8. The third-order valence-electron chi connectivity index (χ3n) is 3.97. The van der Waals surface area contributed by atoms with E-state index in [-0.39, 0.29) is 4.83 Å². The number of carbonyl (C=O) groups is 1. The Morgan fingerprint density at radius 3 is 2.67 bits per heavy atom. The molecule has 2 aromatic rings. The number of fused-ring (bicyclic) bond motifs is 3. The summed E-state index contributed by atoms with van der Waals surface area (Å²) >= 11 is 3.56. The van der Waals surface area contributed by atoms with E-state index in [2.05, 4.69) is 15.9 Å². The molecular formula is C17H17BrO6. The van der Waals surface area contributed by atoms with Gasteiger partial charge in [0, 0.05) is 19.1 Å². The van der Waals surface area contributed by atoms with Gasteiger partial charge < -0.3 is 18.6 Å². The molecule has 0 spiro atoms. The lowest BCUT2D eigenvalue weighted by molar-refractivity contribution is -0.149. The fraction of sp³-hybridized carbons (Fsp3) is 0.412. The molecule has 0 saturated heterocycles. The number of alkyl halides is 1. The van der Waals surface area contributed by atoms with E-state index in [0.29, 0.717) is 28.0 Å². The van der Waals surface area contributed by atoms with Gasteiger partial charge in [0.05, 0.1) is 22.9 Å². The molecule has 24 heavy (non-hydrogen) atoms. The van der Waals surface area contributed by atoms with E-state index in [1.807, 2.05) is 13.8 Å². The minimum absolute atomic E-state index is 0.294. The molecule has 1 aliphatic heterocycles. The molecule has 0 N–H and O–H groups in total. The SMILES string of the molecule is COc1cc2c(c3oc(=O)ccc13)[C@@H](OC(C)=O)[C@H](Br)C(C)(C)O2. The molecule has 0 unspecified atom stereocenters. The predicted molar refractivity (Wildman–Crippen MR) is 91.0 cm³/mol. The number of carbonyl (C=O) groups excluding carboxylic acids is 1. The standard InChI is InChI=1S/C17H17BrO6/c1-8(19)22-15-13-11(24-17(2,3)16(15)18)7-10(21-4)9-5-6-12(20)23-14(9)13/h5-7,15-16H,1-4H3/t15-,16+/m1/s1. The van der Waals surface area contributed by atoms with Crippen molar-refractivity contribution in [1.82, 2.24) is 0 Å². The molecule has 6 nitrogen and oxygen atoms in total. The Hall–Kier alpha value is -2.02. The predicted octanol–water partition coefficient (Wildman–Crippen LogP) is 3.34. The number of hydrogen-bond donors (Lipinski definition) is 0. The highest BCUT2D eigenvalue weighted by Gasteiger charge is 2.46.